The molecular weight excluding hydrogens is 268 g/mol. The topological polar surface area (TPSA) is 68.5 Å². The smallest absolute Gasteiger partial charge is 0.333 e. The third-order valence-electron chi connectivity index (χ3n) is 3.08. The lowest BCUT2D eigenvalue weighted by Gasteiger charge is -2.15. The summed E-state index contributed by atoms with van der Waals surface area (Å²) in [4.78, 5) is 16.3. The monoisotopic (exact) mass is 282 g/mol. The molecule has 1 N–H and O–H groups in total. The van der Waals surface area contributed by atoms with Crippen molar-refractivity contribution >= 4 is 17.6 Å². The summed E-state index contributed by atoms with van der Waals surface area (Å²) in [7, 11) is 1.36. The van der Waals surface area contributed by atoms with Crippen LogP contribution in [0.1, 0.15) is 11.6 Å². The van der Waals surface area contributed by atoms with E-state index < -0.39 is 6.04 Å². The molecule has 0 saturated carbocycles. The van der Waals surface area contributed by atoms with E-state index in [1.807, 2.05) is 48.5 Å². The number of esters is 1. The van der Waals surface area contributed by atoms with E-state index >= 15 is 0 Å². The second-order valence-electron chi connectivity index (χ2n) is 4.45. The lowest BCUT2D eigenvalue weighted by atomic mass is 10.1. The van der Waals surface area contributed by atoms with Crippen molar-refractivity contribution in [1.82, 2.24) is 14.6 Å². The summed E-state index contributed by atoms with van der Waals surface area (Å²) in [5.41, 5.74) is 1.50. The van der Waals surface area contributed by atoms with Gasteiger partial charge >= 0.3 is 5.97 Å². The van der Waals surface area contributed by atoms with Crippen LogP contribution in [0.5, 0.6) is 0 Å². The SMILES string of the molecule is COC(=O)C(Nc1nc2ccccn2n1)c1ccccc1. The lowest BCUT2D eigenvalue weighted by molar-refractivity contribution is -0.141. The maximum Gasteiger partial charge on any atom is 0.333 e. The van der Waals surface area contributed by atoms with Gasteiger partial charge in [-0.05, 0) is 17.7 Å². The molecule has 0 bridgehead atoms. The zero-order valence-corrected chi connectivity index (χ0v) is 11.4. The summed E-state index contributed by atoms with van der Waals surface area (Å²) in [6.07, 6.45) is 1.79. The summed E-state index contributed by atoms with van der Waals surface area (Å²) in [6.45, 7) is 0. The molecule has 0 fully saturated rings. The number of ether oxygens (including phenoxy) is 1. The van der Waals surface area contributed by atoms with Crippen molar-refractivity contribution < 1.29 is 9.53 Å². The molecule has 3 aromatic rings. The maximum absolute atomic E-state index is 12.0. The van der Waals surface area contributed by atoms with Gasteiger partial charge in [-0.3, -0.25) is 0 Å². The highest BCUT2D eigenvalue weighted by Gasteiger charge is 2.22. The number of nitrogens with one attached hydrogen (secondary N) is 1. The van der Waals surface area contributed by atoms with Crippen molar-refractivity contribution in [3.8, 4) is 0 Å². The summed E-state index contributed by atoms with van der Waals surface area (Å²) >= 11 is 0. The van der Waals surface area contributed by atoms with Crippen molar-refractivity contribution in [2.75, 3.05) is 12.4 Å². The highest BCUT2D eigenvalue weighted by Crippen LogP contribution is 2.19. The van der Waals surface area contributed by atoms with Crippen LogP contribution < -0.4 is 5.32 Å². The van der Waals surface area contributed by atoms with Gasteiger partial charge in [0.2, 0.25) is 5.95 Å². The molecule has 21 heavy (non-hydrogen) atoms. The molecule has 0 radical (unpaired) electrons. The van der Waals surface area contributed by atoms with Gasteiger partial charge in [-0.1, -0.05) is 36.4 Å². The van der Waals surface area contributed by atoms with Crippen molar-refractivity contribution in [3.05, 3.63) is 60.3 Å². The zero-order chi connectivity index (χ0) is 14.7. The summed E-state index contributed by atoms with van der Waals surface area (Å²) in [6, 6.07) is 14.3. The van der Waals surface area contributed by atoms with Gasteiger partial charge in [0.05, 0.1) is 7.11 Å². The number of aromatic nitrogens is 3. The van der Waals surface area contributed by atoms with Gasteiger partial charge in [-0.25, -0.2) is 9.31 Å². The van der Waals surface area contributed by atoms with Crippen LogP contribution in [-0.4, -0.2) is 27.7 Å². The number of hydrogen-bond acceptors (Lipinski definition) is 5. The molecule has 0 aliphatic carbocycles. The van der Waals surface area contributed by atoms with Crippen molar-refractivity contribution in [2.24, 2.45) is 0 Å². The van der Waals surface area contributed by atoms with Crippen LogP contribution in [0.15, 0.2) is 54.7 Å². The Balaban J connectivity index is 1.92. The van der Waals surface area contributed by atoms with Crippen molar-refractivity contribution in [3.63, 3.8) is 0 Å². The molecule has 6 nitrogen and oxygen atoms in total. The molecule has 1 unspecified atom stereocenters. The molecule has 0 amide bonds. The molecule has 2 aromatic heterocycles. The Morgan fingerprint density at radius 3 is 2.67 bits per heavy atom. The summed E-state index contributed by atoms with van der Waals surface area (Å²) in [5, 5.41) is 7.30. The molecule has 0 aliphatic heterocycles. The number of pyridine rings is 1. The van der Waals surface area contributed by atoms with E-state index in [2.05, 4.69) is 15.4 Å². The number of carbonyl (C=O) groups is 1. The third kappa shape index (κ3) is 2.69. The van der Waals surface area contributed by atoms with E-state index in [0.717, 1.165) is 5.56 Å². The average Bonchev–Trinajstić information content (AvgIpc) is 2.95. The van der Waals surface area contributed by atoms with Gasteiger partial charge in [0.25, 0.3) is 0 Å². The fourth-order valence-corrected chi connectivity index (χ4v) is 2.06. The van der Waals surface area contributed by atoms with Gasteiger partial charge in [0.15, 0.2) is 11.7 Å². The third-order valence-corrected chi connectivity index (χ3v) is 3.08. The Bertz CT molecular complexity index is 721. The Morgan fingerprint density at radius 1 is 1.19 bits per heavy atom. The minimum absolute atomic E-state index is 0.375. The summed E-state index contributed by atoms with van der Waals surface area (Å²) < 4.78 is 6.49. The molecule has 6 heteroatoms. The second kappa shape index (κ2) is 5.62. The van der Waals surface area contributed by atoms with Gasteiger partial charge in [-0.2, -0.15) is 4.98 Å². The first-order valence-corrected chi connectivity index (χ1v) is 6.48. The van der Waals surface area contributed by atoms with E-state index in [9.17, 15) is 4.79 Å². The number of rotatable bonds is 4. The molecule has 0 spiro atoms. The number of benzene rings is 1. The number of anilines is 1. The number of hydrogen-bond donors (Lipinski definition) is 1. The minimum Gasteiger partial charge on any atom is -0.467 e. The fourth-order valence-electron chi connectivity index (χ4n) is 2.06. The number of fused-ring (bicyclic) bond motifs is 1. The molecule has 1 aromatic carbocycles. The van der Waals surface area contributed by atoms with Crippen LogP contribution in [0.4, 0.5) is 5.95 Å². The van der Waals surface area contributed by atoms with Crippen LogP contribution in [-0.2, 0) is 9.53 Å². The highest BCUT2D eigenvalue weighted by molar-refractivity contribution is 5.80. The Kier molecular flexibility index (Phi) is 3.51. The van der Waals surface area contributed by atoms with Gasteiger partial charge in [0.1, 0.15) is 0 Å². The van der Waals surface area contributed by atoms with Gasteiger partial charge in [0, 0.05) is 6.20 Å². The van der Waals surface area contributed by atoms with Crippen LogP contribution in [0.2, 0.25) is 0 Å². The van der Waals surface area contributed by atoms with Crippen LogP contribution in [0, 0.1) is 0 Å². The minimum atomic E-state index is -0.645. The number of methoxy groups -OCH3 is 1. The quantitative estimate of drug-likeness (QED) is 0.742. The van der Waals surface area contributed by atoms with Crippen LogP contribution in [0.3, 0.4) is 0 Å². The number of nitrogens with zero attached hydrogens (tertiary/aromatic N) is 3. The molecule has 0 saturated heterocycles. The second-order valence-corrected chi connectivity index (χ2v) is 4.45. The lowest BCUT2D eigenvalue weighted by Crippen LogP contribution is -2.22. The first kappa shape index (κ1) is 13.1. The molecule has 3 rings (SSSR count). The van der Waals surface area contributed by atoms with Crippen molar-refractivity contribution in [1.29, 1.82) is 0 Å². The predicted molar refractivity (Wildman–Crippen MR) is 77.8 cm³/mol. The van der Waals surface area contributed by atoms with Gasteiger partial charge < -0.3 is 10.1 Å². The van der Waals surface area contributed by atoms with E-state index in [4.69, 9.17) is 4.74 Å². The fraction of sp³-hybridized carbons (Fsp3) is 0.133. The molecule has 1 atom stereocenters. The number of carbonyl (C=O) groups excluding carboxylic acids is 1. The van der Waals surface area contributed by atoms with Crippen LogP contribution >= 0.6 is 0 Å². The largest absolute Gasteiger partial charge is 0.467 e. The van der Waals surface area contributed by atoms with Crippen LogP contribution in [0.25, 0.3) is 5.65 Å². The van der Waals surface area contributed by atoms with E-state index in [1.54, 1.807) is 10.7 Å². The molecule has 2 heterocycles. The predicted octanol–water partition coefficient (Wildman–Crippen LogP) is 2.06. The first-order chi connectivity index (χ1) is 10.3. The maximum atomic E-state index is 12.0. The first-order valence-electron chi connectivity index (χ1n) is 6.48. The van der Waals surface area contributed by atoms with E-state index in [0.29, 0.717) is 11.6 Å². The Labute approximate surface area is 121 Å². The van der Waals surface area contributed by atoms with Crippen molar-refractivity contribution in [2.45, 2.75) is 6.04 Å². The Hall–Kier alpha value is -2.89. The molecule has 0 aliphatic rings. The van der Waals surface area contributed by atoms with E-state index in [1.165, 1.54) is 7.11 Å². The molecule has 106 valence electrons. The zero-order valence-electron chi connectivity index (χ0n) is 11.4. The molecular formula is C15H14N4O2. The average molecular weight is 282 g/mol. The summed E-state index contributed by atoms with van der Waals surface area (Å²) in [5.74, 6) is -0.0134. The standard InChI is InChI=1S/C15H14N4O2/c1-21-14(20)13(11-7-3-2-4-8-11)17-15-16-12-9-5-6-10-19(12)18-15/h2-10,13H,1H3,(H,17,18). The Morgan fingerprint density at radius 2 is 1.95 bits per heavy atom. The normalized spacial score (nSPS) is 12.0. The van der Waals surface area contributed by atoms with Gasteiger partial charge in [-0.15, -0.1) is 5.10 Å². The van der Waals surface area contributed by atoms with E-state index in [-0.39, 0.29) is 5.97 Å². The highest BCUT2D eigenvalue weighted by atomic mass is 16.5.